The zero-order valence-electron chi connectivity index (χ0n) is 16.7. The molecule has 0 aliphatic carbocycles. The number of nitrogens with one attached hydrogen (secondary N) is 1. The van der Waals surface area contributed by atoms with Gasteiger partial charge in [0, 0.05) is 0 Å². The predicted molar refractivity (Wildman–Crippen MR) is 110 cm³/mol. The van der Waals surface area contributed by atoms with Crippen molar-refractivity contribution in [1.29, 1.82) is 0 Å². The van der Waals surface area contributed by atoms with Crippen LogP contribution < -0.4 is 10.2 Å². The number of hydrogen-bond donors (Lipinski definition) is 0. The standard InChI is InChI=1S/C12H24O6.C2H3N2P.C2H2N2P.Ba/c1-2-14-5-6-16-9-10-18-12-11-17-8-7-15-4-3-13-1;2*1-3-4-2-5-1;/h1-12H2;1-3H;1-2H;/q;;-1;+2. The molecule has 2 aromatic heterocycles. The Kier molecular flexibility index (Phi) is 27.2. The van der Waals surface area contributed by atoms with Gasteiger partial charge in [-0.25, -0.2) is 0 Å². The molecule has 0 saturated carbocycles. The van der Waals surface area contributed by atoms with E-state index in [1.54, 1.807) is 17.8 Å². The molecule has 1 aliphatic heterocycles. The Balaban J connectivity index is 0.000000575. The maximum absolute atomic E-state index is 5.33. The van der Waals surface area contributed by atoms with Crippen LogP contribution in [0, 0.1) is 0 Å². The summed E-state index contributed by atoms with van der Waals surface area (Å²) in [5.74, 6) is 7.12. The van der Waals surface area contributed by atoms with E-state index in [0.717, 1.165) is 16.4 Å². The van der Waals surface area contributed by atoms with Gasteiger partial charge in [-0.05, 0) is 8.19 Å². The van der Waals surface area contributed by atoms with Gasteiger partial charge in [0.15, 0.2) is 5.93 Å². The summed E-state index contributed by atoms with van der Waals surface area (Å²) in [7, 11) is 2.27. The van der Waals surface area contributed by atoms with Crippen LogP contribution in [0.4, 0.5) is 0 Å². The topological polar surface area (TPSA) is 109 Å². The van der Waals surface area contributed by atoms with E-state index in [-0.39, 0.29) is 48.9 Å². The fourth-order valence-electron chi connectivity index (χ4n) is 1.64. The maximum atomic E-state index is 5.33. The molecule has 1 aliphatic rings. The van der Waals surface area contributed by atoms with Gasteiger partial charge in [0.05, 0.1) is 79.3 Å². The second-order valence-corrected chi connectivity index (χ2v) is 6.48. The van der Waals surface area contributed by atoms with E-state index in [4.69, 9.17) is 28.4 Å². The molecule has 1 N–H and O–H groups in total. The van der Waals surface area contributed by atoms with Gasteiger partial charge in [-0.15, -0.1) is 11.9 Å². The first-order chi connectivity index (χ1) is 14.0. The van der Waals surface area contributed by atoms with Crippen LogP contribution in [0.3, 0.4) is 0 Å². The Morgan fingerprint density at radius 2 is 1.00 bits per heavy atom. The van der Waals surface area contributed by atoms with Crippen molar-refractivity contribution in [3.8, 4) is 0 Å². The first kappa shape index (κ1) is 29.6. The molecule has 0 unspecified atom stereocenters. The van der Waals surface area contributed by atoms with Gasteiger partial charge in [0.25, 0.3) is 0 Å². The molecule has 3 rings (SSSR count). The molecule has 0 aromatic carbocycles. The molecule has 10 nitrogen and oxygen atoms in total. The minimum atomic E-state index is 0. The fraction of sp³-hybridized carbons (Fsp3) is 0.750. The summed E-state index contributed by atoms with van der Waals surface area (Å²) in [6.45, 7) is 7.04. The molecule has 3 heterocycles. The minimum absolute atomic E-state index is 0. The molecule has 13 heteroatoms. The zero-order chi connectivity index (χ0) is 19.8. The largest absolute Gasteiger partial charge is 2.00 e. The zero-order valence-corrected chi connectivity index (χ0v) is 22.9. The number of rotatable bonds is 0. The van der Waals surface area contributed by atoms with E-state index in [1.165, 1.54) is 0 Å². The Bertz CT molecular complexity index is 352. The second-order valence-electron chi connectivity index (χ2n) is 4.94. The molecule has 2 aromatic rings. The number of aromatic amines is 1. The van der Waals surface area contributed by atoms with Crippen LogP contribution in [0.1, 0.15) is 0 Å². The van der Waals surface area contributed by atoms with Crippen LogP contribution in [-0.2, 0) is 28.4 Å². The summed E-state index contributed by atoms with van der Waals surface area (Å²) in [6.07, 6.45) is 0. The van der Waals surface area contributed by atoms with Gasteiger partial charge in [-0.3, -0.25) is 5.10 Å². The van der Waals surface area contributed by atoms with Crippen LogP contribution in [0.2, 0.25) is 0 Å². The predicted octanol–water partition coefficient (Wildman–Crippen LogP) is 0.532. The molecule has 1 fully saturated rings. The van der Waals surface area contributed by atoms with E-state index < -0.39 is 0 Å². The van der Waals surface area contributed by atoms with Crippen molar-refractivity contribution in [2.75, 3.05) is 79.3 Å². The van der Waals surface area contributed by atoms with Crippen molar-refractivity contribution in [2.24, 2.45) is 0 Å². The molecule has 1 saturated heterocycles. The number of nitrogens with zero attached hydrogens (tertiary/aromatic N) is 3. The van der Waals surface area contributed by atoms with Crippen LogP contribution in [-0.4, -0.2) is 138 Å². The molecule has 0 radical (unpaired) electrons. The van der Waals surface area contributed by atoms with Crippen molar-refractivity contribution in [2.45, 2.75) is 0 Å². The number of aromatic nitrogens is 4. The monoisotopic (exact) mass is 573 g/mol. The van der Waals surface area contributed by atoms with Crippen molar-refractivity contribution in [3.05, 3.63) is 23.7 Å². The van der Waals surface area contributed by atoms with Gasteiger partial charge in [-0.2, -0.15) is 10.2 Å². The molecule has 0 spiro atoms. The third-order valence-corrected chi connectivity index (χ3v) is 3.85. The molecule has 0 atom stereocenters. The van der Waals surface area contributed by atoms with Crippen LogP contribution >= 0.6 is 16.4 Å². The van der Waals surface area contributed by atoms with Gasteiger partial charge in [0.1, 0.15) is 0 Å². The van der Waals surface area contributed by atoms with Crippen LogP contribution in [0.15, 0.2) is 23.7 Å². The van der Waals surface area contributed by atoms with E-state index in [9.17, 15) is 0 Å². The average molecular weight is 573 g/mol. The summed E-state index contributed by atoms with van der Waals surface area (Å²) in [5, 5.41) is 13.3. The van der Waals surface area contributed by atoms with Crippen molar-refractivity contribution < 1.29 is 33.5 Å². The Hall–Kier alpha value is 0.611. The van der Waals surface area contributed by atoms with Gasteiger partial charge < -0.3 is 41.7 Å². The maximum Gasteiger partial charge on any atom is 2.00 e. The first-order valence-corrected chi connectivity index (χ1v) is 11.0. The molecule has 29 heavy (non-hydrogen) atoms. The van der Waals surface area contributed by atoms with Crippen LogP contribution in [0.5, 0.6) is 0 Å². The van der Waals surface area contributed by atoms with Gasteiger partial charge in [-0.1, -0.05) is 5.93 Å². The summed E-state index contributed by atoms with van der Waals surface area (Å²) in [5.41, 5.74) is 0. The van der Waals surface area contributed by atoms with Gasteiger partial charge >= 0.3 is 48.9 Å². The number of H-pyrrole nitrogens is 1. The average Bonchev–Trinajstić information content (AvgIpc) is 3.46. The normalized spacial score (nSPS) is 17.9. The third kappa shape index (κ3) is 24.8. The number of hydrogen-bond acceptors (Lipinski definition) is 8. The Morgan fingerprint density at radius 3 is 1.14 bits per heavy atom. The van der Waals surface area contributed by atoms with Crippen LogP contribution in [0.25, 0.3) is 0 Å². The summed E-state index contributed by atoms with van der Waals surface area (Å²) in [6, 6.07) is 0. The van der Waals surface area contributed by atoms with Gasteiger partial charge in [0.2, 0.25) is 0 Å². The Labute approximate surface area is 215 Å². The van der Waals surface area contributed by atoms with Crippen molar-refractivity contribution >= 4 is 65.3 Å². The summed E-state index contributed by atoms with van der Waals surface area (Å²) >= 11 is 0. The summed E-state index contributed by atoms with van der Waals surface area (Å²) < 4.78 is 32.0. The quantitative estimate of drug-likeness (QED) is 0.418. The third-order valence-electron chi connectivity index (χ3n) is 2.87. The smallest absolute Gasteiger partial charge is 0.488 e. The van der Waals surface area contributed by atoms with Crippen molar-refractivity contribution in [1.82, 2.24) is 15.3 Å². The van der Waals surface area contributed by atoms with E-state index >= 15 is 0 Å². The molecular formula is C16H29BaN4O6P2+. The summed E-state index contributed by atoms with van der Waals surface area (Å²) in [4.78, 5) is 0. The van der Waals surface area contributed by atoms with E-state index in [2.05, 4.69) is 20.4 Å². The Morgan fingerprint density at radius 1 is 0.655 bits per heavy atom. The van der Waals surface area contributed by atoms with E-state index in [1.807, 2.05) is 5.93 Å². The van der Waals surface area contributed by atoms with E-state index in [0.29, 0.717) is 79.3 Å². The minimum Gasteiger partial charge on any atom is -0.488 e. The SMILES string of the molecule is C1COCCOCCOCCOCCOCCO1.[Ba+2].c1[n-][nH+]cp1.c1nnc[p-]1. The fourth-order valence-corrected chi connectivity index (χ4v) is 2.27. The van der Waals surface area contributed by atoms with Crippen molar-refractivity contribution in [3.63, 3.8) is 0 Å². The molecular weight excluding hydrogens is 543 g/mol. The first-order valence-electron chi connectivity index (χ1n) is 8.98. The molecule has 160 valence electrons. The number of ether oxygens (including phenoxy) is 6. The molecule has 0 bridgehead atoms. The second kappa shape index (κ2) is 26.6. The molecule has 0 amide bonds.